The number of nitrogen functional groups attached to an aromatic ring is 1. The van der Waals surface area contributed by atoms with Crippen LogP contribution in [0.1, 0.15) is 10.4 Å². The van der Waals surface area contributed by atoms with Crippen LogP contribution in [-0.4, -0.2) is 21.5 Å². The minimum absolute atomic E-state index is 0.0406. The fraction of sp³-hybridized carbons (Fsp3) is 0.125. The van der Waals surface area contributed by atoms with Gasteiger partial charge in [0.05, 0.1) is 12.7 Å². The summed E-state index contributed by atoms with van der Waals surface area (Å²) in [5.74, 6) is -0.939. The normalized spacial score (nSPS) is 11.1. The third-order valence-electron chi connectivity index (χ3n) is 1.67. The number of carbonyl (C=O) groups is 1. The molecule has 0 bridgehead atoms. The molecule has 0 amide bonds. The highest BCUT2D eigenvalue weighted by molar-refractivity contribution is 7.86. The maximum absolute atomic E-state index is 12.8. The molecule has 2 N–H and O–H groups in total. The van der Waals surface area contributed by atoms with Crippen molar-refractivity contribution in [3.63, 3.8) is 0 Å². The Hall–Kier alpha value is -1.63. The van der Waals surface area contributed by atoms with Crippen molar-refractivity contribution >= 4 is 21.9 Å². The van der Waals surface area contributed by atoms with Crippen molar-refractivity contribution in [3.05, 3.63) is 23.8 Å². The van der Waals surface area contributed by atoms with E-state index >= 15 is 0 Å². The van der Waals surface area contributed by atoms with Gasteiger partial charge in [-0.1, -0.05) is 0 Å². The lowest BCUT2D eigenvalue weighted by Crippen LogP contribution is -2.08. The van der Waals surface area contributed by atoms with E-state index in [1.54, 1.807) is 0 Å². The summed E-state index contributed by atoms with van der Waals surface area (Å²) >= 11 is 0. The Morgan fingerprint density at radius 2 is 2.07 bits per heavy atom. The molecule has 1 aromatic rings. The summed E-state index contributed by atoms with van der Waals surface area (Å²) in [7, 11) is -3.93. The Labute approximate surface area is 85.9 Å². The maximum Gasteiger partial charge on any atom is 0.339 e. The second-order valence-electron chi connectivity index (χ2n) is 2.69. The van der Waals surface area contributed by atoms with Crippen molar-refractivity contribution in [2.24, 2.45) is 0 Å². The fourth-order valence-electron chi connectivity index (χ4n) is 1.02. The summed E-state index contributed by atoms with van der Waals surface area (Å²) in [5, 5.41) is 0. The van der Waals surface area contributed by atoms with Crippen molar-refractivity contribution in [2.45, 2.75) is 4.90 Å². The van der Waals surface area contributed by atoms with Gasteiger partial charge in [0.25, 0.3) is 0 Å². The summed E-state index contributed by atoms with van der Waals surface area (Å²) in [6.07, 6.45) is 0. The van der Waals surface area contributed by atoms with E-state index in [2.05, 4.69) is 4.74 Å². The molecule has 0 saturated heterocycles. The molecule has 0 aliphatic heterocycles. The van der Waals surface area contributed by atoms with Crippen LogP contribution in [0.15, 0.2) is 23.1 Å². The SMILES string of the molecule is COC(=O)c1ccc(N)cc1S(=O)(=O)F. The number of ether oxygens (including phenoxy) is 1. The zero-order valence-corrected chi connectivity index (χ0v) is 8.55. The third kappa shape index (κ3) is 2.44. The number of anilines is 1. The molecule has 15 heavy (non-hydrogen) atoms. The van der Waals surface area contributed by atoms with Gasteiger partial charge in [0, 0.05) is 5.69 Å². The number of hydrogen-bond donors (Lipinski definition) is 1. The molecule has 1 aromatic carbocycles. The van der Waals surface area contributed by atoms with Gasteiger partial charge in [0.15, 0.2) is 0 Å². The Balaban J connectivity index is 3.47. The summed E-state index contributed by atoms with van der Waals surface area (Å²) in [4.78, 5) is 10.3. The number of carbonyl (C=O) groups excluding carboxylic acids is 1. The van der Waals surface area contributed by atoms with Gasteiger partial charge in [0.1, 0.15) is 4.90 Å². The zero-order valence-electron chi connectivity index (χ0n) is 7.73. The molecule has 0 radical (unpaired) electrons. The van der Waals surface area contributed by atoms with Crippen molar-refractivity contribution in [2.75, 3.05) is 12.8 Å². The minimum Gasteiger partial charge on any atom is -0.465 e. The summed E-state index contributed by atoms with van der Waals surface area (Å²) in [6, 6.07) is 3.23. The predicted molar refractivity (Wildman–Crippen MR) is 50.5 cm³/mol. The second kappa shape index (κ2) is 3.85. The Morgan fingerprint density at radius 1 is 1.47 bits per heavy atom. The fourth-order valence-corrected chi connectivity index (χ4v) is 1.71. The number of hydrogen-bond acceptors (Lipinski definition) is 5. The molecule has 7 heteroatoms. The standard InChI is InChI=1S/C8H8FNO4S/c1-14-8(11)6-3-2-5(10)4-7(6)15(9,12)13/h2-4H,10H2,1H3. The van der Waals surface area contributed by atoms with E-state index in [1.165, 1.54) is 6.07 Å². The highest BCUT2D eigenvalue weighted by Crippen LogP contribution is 2.21. The van der Waals surface area contributed by atoms with Crippen LogP contribution in [0.4, 0.5) is 9.57 Å². The molecule has 0 atom stereocenters. The van der Waals surface area contributed by atoms with E-state index in [9.17, 15) is 17.1 Å². The molecule has 1 rings (SSSR count). The average Bonchev–Trinajstić information content (AvgIpc) is 2.15. The van der Waals surface area contributed by atoms with Gasteiger partial charge in [-0.25, -0.2) is 4.79 Å². The first-order valence-corrected chi connectivity index (χ1v) is 5.17. The second-order valence-corrected chi connectivity index (χ2v) is 4.00. The molecule has 0 aromatic heterocycles. The topological polar surface area (TPSA) is 86.5 Å². The lowest BCUT2D eigenvalue weighted by Gasteiger charge is -2.04. The Kier molecular flexibility index (Phi) is 2.94. The average molecular weight is 233 g/mol. The van der Waals surface area contributed by atoms with E-state index in [1.807, 2.05) is 0 Å². The largest absolute Gasteiger partial charge is 0.465 e. The molecule has 82 valence electrons. The molecule has 0 saturated carbocycles. The van der Waals surface area contributed by atoms with Crippen LogP contribution in [0.25, 0.3) is 0 Å². The molecule has 0 aliphatic carbocycles. The van der Waals surface area contributed by atoms with Crippen LogP contribution in [-0.2, 0) is 15.0 Å². The lowest BCUT2D eigenvalue weighted by atomic mass is 10.2. The van der Waals surface area contributed by atoms with Crippen LogP contribution in [0.3, 0.4) is 0 Å². The van der Waals surface area contributed by atoms with Gasteiger partial charge in [-0.05, 0) is 18.2 Å². The van der Waals surface area contributed by atoms with Crippen molar-refractivity contribution in [1.82, 2.24) is 0 Å². The van der Waals surface area contributed by atoms with Crippen molar-refractivity contribution in [1.29, 1.82) is 0 Å². The lowest BCUT2D eigenvalue weighted by molar-refractivity contribution is 0.0596. The summed E-state index contributed by atoms with van der Waals surface area (Å²) in [6.45, 7) is 0. The Morgan fingerprint density at radius 3 is 2.53 bits per heavy atom. The molecular weight excluding hydrogens is 225 g/mol. The van der Waals surface area contributed by atoms with Gasteiger partial charge in [0.2, 0.25) is 0 Å². The van der Waals surface area contributed by atoms with E-state index in [4.69, 9.17) is 5.73 Å². The van der Waals surface area contributed by atoms with Gasteiger partial charge >= 0.3 is 16.2 Å². The first-order valence-electron chi connectivity index (χ1n) is 3.78. The number of rotatable bonds is 2. The number of methoxy groups -OCH3 is 1. The van der Waals surface area contributed by atoms with Crippen molar-refractivity contribution < 1.29 is 21.8 Å². The van der Waals surface area contributed by atoms with Gasteiger partial charge in [-0.2, -0.15) is 8.42 Å². The van der Waals surface area contributed by atoms with Crippen molar-refractivity contribution in [3.8, 4) is 0 Å². The Bertz CT molecular complexity index is 497. The summed E-state index contributed by atoms with van der Waals surface area (Å²) in [5.41, 5.74) is 4.94. The first kappa shape index (κ1) is 11.4. The molecule has 0 fully saturated rings. The number of esters is 1. The number of benzene rings is 1. The van der Waals surface area contributed by atoms with Crippen LogP contribution < -0.4 is 5.73 Å². The van der Waals surface area contributed by atoms with E-state index in [0.29, 0.717) is 0 Å². The molecule has 0 aliphatic rings. The third-order valence-corrected chi connectivity index (χ3v) is 2.54. The van der Waals surface area contributed by atoms with E-state index in [-0.39, 0.29) is 11.3 Å². The predicted octanol–water partition coefficient (Wildman–Crippen LogP) is 0.714. The zero-order chi connectivity index (χ0) is 11.6. The quantitative estimate of drug-likeness (QED) is 0.462. The molecule has 5 nitrogen and oxygen atoms in total. The maximum atomic E-state index is 12.8. The van der Waals surface area contributed by atoms with Crippen LogP contribution >= 0.6 is 0 Å². The monoisotopic (exact) mass is 233 g/mol. The van der Waals surface area contributed by atoms with E-state index < -0.39 is 21.1 Å². The van der Waals surface area contributed by atoms with Crippen LogP contribution in [0, 0.1) is 0 Å². The smallest absolute Gasteiger partial charge is 0.339 e. The number of nitrogens with two attached hydrogens (primary N) is 1. The van der Waals surface area contributed by atoms with Crippen LogP contribution in [0.5, 0.6) is 0 Å². The van der Waals surface area contributed by atoms with E-state index in [0.717, 1.165) is 19.2 Å². The highest BCUT2D eigenvalue weighted by Gasteiger charge is 2.22. The van der Waals surface area contributed by atoms with Gasteiger partial charge in [-0.3, -0.25) is 0 Å². The number of halogens is 1. The molecule has 0 heterocycles. The van der Waals surface area contributed by atoms with Crippen LogP contribution in [0.2, 0.25) is 0 Å². The van der Waals surface area contributed by atoms with Gasteiger partial charge in [-0.15, -0.1) is 3.89 Å². The molecular formula is C8H8FNO4S. The van der Waals surface area contributed by atoms with Gasteiger partial charge < -0.3 is 10.5 Å². The summed E-state index contributed by atoms with van der Waals surface area (Å²) < 4.78 is 38.5. The first-order chi connectivity index (χ1) is 6.86. The minimum atomic E-state index is -4.99. The molecule has 0 spiro atoms. The highest BCUT2D eigenvalue weighted by atomic mass is 32.3. The molecule has 0 unspecified atom stereocenters.